The van der Waals surface area contributed by atoms with Crippen LogP contribution in [0.25, 0.3) is 0 Å². The number of anilines is 2. The number of hydrogen-bond acceptors (Lipinski definition) is 3. The van der Waals surface area contributed by atoms with E-state index in [1.165, 1.54) is 11.3 Å². The molecule has 0 aliphatic heterocycles. The monoisotopic (exact) mass is 260 g/mol. The van der Waals surface area contributed by atoms with Crippen LogP contribution in [0.1, 0.15) is 22.2 Å². The molecule has 18 heavy (non-hydrogen) atoms. The SMILES string of the molecule is CCN(C(=O)c1sccc1C)c1cccc(N)c1. The Labute approximate surface area is 111 Å². The molecule has 0 atom stereocenters. The molecule has 0 aliphatic carbocycles. The van der Waals surface area contributed by atoms with Crippen molar-refractivity contribution in [2.75, 3.05) is 17.2 Å². The first kappa shape index (κ1) is 12.6. The van der Waals surface area contributed by atoms with Crippen LogP contribution in [0, 0.1) is 6.92 Å². The van der Waals surface area contributed by atoms with E-state index in [1.807, 2.05) is 49.6 Å². The summed E-state index contributed by atoms with van der Waals surface area (Å²) in [4.78, 5) is 15.0. The van der Waals surface area contributed by atoms with Crippen molar-refractivity contribution in [3.05, 3.63) is 46.2 Å². The molecule has 1 heterocycles. The van der Waals surface area contributed by atoms with E-state index in [0.717, 1.165) is 16.1 Å². The summed E-state index contributed by atoms with van der Waals surface area (Å²) in [6.45, 7) is 4.54. The number of nitrogen functional groups attached to an aromatic ring is 1. The van der Waals surface area contributed by atoms with Gasteiger partial charge in [-0.15, -0.1) is 11.3 Å². The Kier molecular flexibility index (Phi) is 3.67. The highest BCUT2D eigenvalue weighted by molar-refractivity contribution is 7.12. The van der Waals surface area contributed by atoms with Gasteiger partial charge in [0.15, 0.2) is 0 Å². The molecule has 2 aromatic rings. The van der Waals surface area contributed by atoms with Crippen molar-refractivity contribution in [2.45, 2.75) is 13.8 Å². The molecule has 0 aliphatic rings. The fourth-order valence-corrected chi connectivity index (χ4v) is 2.72. The van der Waals surface area contributed by atoms with Crippen LogP contribution in [0.2, 0.25) is 0 Å². The van der Waals surface area contributed by atoms with E-state index in [0.29, 0.717) is 12.2 Å². The predicted molar refractivity (Wildman–Crippen MR) is 77.3 cm³/mol. The topological polar surface area (TPSA) is 46.3 Å². The van der Waals surface area contributed by atoms with Gasteiger partial charge in [0.05, 0.1) is 4.88 Å². The molecule has 0 spiro atoms. The third kappa shape index (κ3) is 2.38. The number of amides is 1. The highest BCUT2D eigenvalue weighted by atomic mass is 32.1. The second-order valence-corrected chi connectivity index (χ2v) is 4.99. The summed E-state index contributed by atoms with van der Waals surface area (Å²) in [6.07, 6.45) is 0. The molecule has 2 rings (SSSR count). The van der Waals surface area contributed by atoms with Crippen LogP contribution in [0.15, 0.2) is 35.7 Å². The van der Waals surface area contributed by atoms with E-state index < -0.39 is 0 Å². The Hall–Kier alpha value is -1.81. The van der Waals surface area contributed by atoms with Crippen LogP contribution in [-0.2, 0) is 0 Å². The summed E-state index contributed by atoms with van der Waals surface area (Å²) in [7, 11) is 0. The van der Waals surface area contributed by atoms with Crippen LogP contribution in [0.3, 0.4) is 0 Å². The van der Waals surface area contributed by atoms with Gasteiger partial charge in [-0.1, -0.05) is 6.07 Å². The molecule has 0 bridgehead atoms. The van der Waals surface area contributed by atoms with Crippen molar-refractivity contribution in [1.82, 2.24) is 0 Å². The number of hydrogen-bond donors (Lipinski definition) is 1. The summed E-state index contributed by atoms with van der Waals surface area (Å²) < 4.78 is 0. The third-order valence-corrected chi connectivity index (χ3v) is 3.80. The zero-order chi connectivity index (χ0) is 13.1. The zero-order valence-electron chi connectivity index (χ0n) is 10.5. The largest absolute Gasteiger partial charge is 0.399 e. The lowest BCUT2D eigenvalue weighted by Gasteiger charge is -2.21. The minimum Gasteiger partial charge on any atom is -0.399 e. The van der Waals surface area contributed by atoms with Crippen LogP contribution >= 0.6 is 11.3 Å². The molecule has 3 nitrogen and oxygen atoms in total. The summed E-state index contributed by atoms with van der Waals surface area (Å²) in [5, 5.41) is 1.94. The minimum absolute atomic E-state index is 0.0376. The van der Waals surface area contributed by atoms with Gasteiger partial charge in [0.2, 0.25) is 0 Å². The summed E-state index contributed by atoms with van der Waals surface area (Å²) in [5.74, 6) is 0.0376. The van der Waals surface area contributed by atoms with Crippen LogP contribution in [0.5, 0.6) is 0 Å². The van der Waals surface area contributed by atoms with Gasteiger partial charge in [0.25, 0.3) is 5.91 Å². The van der Waals surface area contributed by atoms with Gasteiger partial charge < -0.3 is 10.6 Å². The standard InChI is InChI=1S/C14H16N2OS/c1-3-16(12-6-4-5-11(15)9-12)14(17)13-10(2)7-8-18-13/h4-9H,3,15H2,1-2H3. The smallest absolute Gasteiger partial charge is 0.268 e. The van der Waals surface area contributed by atoms with Gasteiger partial charge in [-0.25, -0.2) is 0 Å². The van der Waals surface area contributed by atoms with Gasteiger partial charge in [-0.3, -0.25) is 4.79 Å². The van der Waals surface area contributed by atoms with E-state index in [-0.39, 0.29) is 5.91 Å². The number of carbonyl (C=O) groups is 1. The molecule has 1 aromatic carbocycles. The van der Waals surface area contributed by atoms with Crippen molar-refractivity contribution in [2.24, 2.45) is 0 Å². The number of carbonyl (C=O) groups excluding carboxylic acids is 1. The van der Waals surface area contributed by atoms with Gasteiger partial charge >= 0.3 is 0 Å². The molecule has 1 amide bonds. The Bertz CT molecular complexity index is 562. The quantitative estimate of drug-likeness (QED) is 0.861. The highest BCUT2D eigenvalue weighted by Crippen LogP contribution is 2.23. The Morgan fingerprint density at radius 3 is 2.72 bits per heavy atom. The Balaban J connectivity index is 2.35. The number of benzene rings is 1. The maximum absolute atomic E-state index is 12.5. The average Bonchev–Trinajstić information content (AvgIpc) is 2.76. The number of thiophene rings is 1. The van der Waals surface area contributed by atoms with Crippen LogP contribution in [0.4, 0.5) is 11.4 Å². The Morgan fingerprint density at radius 2 is 2.17 bits per heavy atom. The number of nitrogens with two attached hydrogens (primary N) is 1. The second kappa shape index (κ2) is 5.23. The minimum atomic E-state index is 0.0376. The summed E-state index contributed by atoms with van der Waals surface area (Å²) in [5.41, 5.74) is 8.30. The van der Waals surface area contributed by atoms with E-state index in [4.69, 9.17) is 5.73 Å². The molecule has 4 heteroatoms. The third-order valence-electron chi connectivity index (χ3n) is 2.80. The maximum Gasteiger partial charge on any atom is 0.268 e. The molecular weight excluding hydrogens is 244 g/mol. The lowest BCUT2D eigenvalue weighted by molar-refractivity contribution is 0.0991. The molecule has 94 valence electrons. The highest BCUT2D eigenvalue weighted by Gasteiger charge is 2.18. The van der Waals surface area contributed by atoms with E-state index in [2.05, 4.69) is 0 Å². The molecule has 0 saturated carbocycles. The fraction of sp³-hybridized carbons (Fsp3) is 0.214. The van der Waals surface area contributed by atoms with E-state index in [1.54, 1.807) is 4.90 Å². The van der Waals surface area contributed by atoms with E-state index >= 15 is 0 Å². The molecule has 0 saturated heterocycles. The van der Waals surface area contributed by atoms with Crippen molar-refractivity contribution in [3.8, 4) is 0 Å². The molecule has 2 N–H and O–H groups in total. The second-order valence-electron chi connectivity index (χ2n) is 4.08. The lowest BCUT2D eigenvalue weighted by Crippen LogP contribution is -2.30. The fourth-order valence-electron chi connectivity index (χ4n) is 1.85. The van der Waals surface area contributed by atoms with E-state index in [9.17, 15) is 4.79 Å². The number of nitrogens with zero attached hydrogens (tertiary/aromatic N) is 1. The molecule has 0 unspecified atom stereocenters. The Morgan fingerprint density at radius 1 is 1.39 bits per heavy atom. The van der Waals surface area contributed by atoms with Gasteiger partial charge in [0.1, 0.15) is 0 Å². The van der Waals surface area contributed by atoms with Crippen LogP contribution in [-0.4, -0.2) is 12.5 Å². The first-order valence-electron chi connectivity index (χ1n) is 5.85. The number of rotatable bonds is 3. The summed E-state index contributed by atoms with van der Waals surface area (Å²) in [6, 6.07) is 9.37. The van der Waals surface area contributed by atoms with Crippen molar-refractivity contribution >= 4 is 28.6 Å². The maximum atomic E-state index is 12.5. The molecular formula is C14H16N2OS. The van der Waals surface area contributed by atoms with Gasteiger partial charge in [0, 0.05) is 17.9 Å². The van der Waals surface area contributed by atoms with Crippen molar-refractivity contribution in [1.29, 1.82) is 0 Å². The molecule has 0 fully saturated rings. The molecule has 0 radical (unpaired) electrons. The summed E-state index contributed by atoms with van der Waals surface area (Å²) >= 11 is 1.48. The molecule has 1 aromatic heterocycles. The van der Waals surface area contributed by atoms with Gasteiger partial charge in [-0.05, 0) is 49.1 Å². The van der Waals surface area contributed by atoms with Crippen molar-refractivity contribution < 1.29 is 4.79 Å². The predicted octanol–water partition coefficient (Wildman–Crippen LogP) is 3.31. The van der Waals surface area contributed by atoms with Gasteiger partial charge in [-0.2, -0.15) is 0 Å². The lowest BCUT2D eigenvalue weighted by atomic mass is 10.2. The first-order valence-corrected chi connectivity index (χ1v) is 6.73. The van der Waals surface area contributed by atoms with Crippen LogP contribution < -0.4 is 10.6 Å². The first-order chi connectivity index (χ1) is 8.63. The normalized spacial score (nSPS) is 10.3. The average molecular weight is 260 g/mol. The number of aryl methyl sites for hydroxylation is 1. The van der Waals surface area contributed by atoms with Crippen molar-refractivity contribution in [3.63, 3.8) is 0 Å². The zero-order valence-corrected chi connectivity index (χ0v) is 11.3.